The van der Waals surface area contributed by atoms with Crippen LogP contribution in [0.25, 0.3) is 0 Å². The third-order valence-corrected chi connectivity index (χ3v) is 4.53. The van der Waals surface area contributed by atoms with E-state index in [1.54, 1.807) is 31.2 Å². The van der Waals surface area contributed by atoms with Crippen LogP contribution in [-0.4, -0.2) is 41.3 Å². The molecule has 0 fully saturated rings. The van der Waals surface area contributed by atoms with Gasteiger partial charge in [-0.25, -0.2) is 9.59 Å². The van der Waals surface area contributed by atoms with E-state index in [9.17, 15) is 14.4 Å². The molecule has 0 bridgehead atoms. The van der Waals surface area contributed by atoms with Crippen LogP contribution in [0.2, 0.25) is 0 Å². The topological polar surface area (TPSA) is 87.7 Å². The highest BCUT2D eigenvalue weighted by molar-refractivity contribution is 6.54. The highest BCUT2D eigenvalue weighted by atomic mass is 35.5. The van der Waals surface area contributed by atoms with Crippen LogP contribution >= 0.6 is 23.2 Å². The Morgan fingerprint density at radius 1 is 1.37 bits per heavy atom. The van der Waals surface area contributed by atoms with Crippen molar-refractivity contribution in [1.82, 2.24) is 10.2 Å². The molecule has 146 valence electrons. The van der Waals surface area contributed by atoms with E-state index < -0.39 is 22.8 Å². The summed E-state index contributed by atoms with van der Waals surface area (Å²) >= 11 is 11.1. The Labute approximate surface area is 167 Å². The lowest BCUT2D eigenvalue weighted by Gasteiger charge is -2.35. The zero-order valence-electron chi connectivity index (χ0n) is 15.2. The average molecular weight is 414 g/mol. The quantitative estimate of drug-likeness (QED) is 0.552. The summed E-state index contributed by atoms with van der Waals surface area (Å²) in [4.78, 5) is 36.9. The fraction of sp³-hybridized carbons (Fsp3) is 0.389. The number of allylic oxidation sites excluding steroid dienone is 1. The molecule has 7 nitrogen and oxygen atoms in total. The summed E-state index contributed by atoms with van der Waals surface area (Å²) < 4.78 is 4.92. The maximum Gasteiger partial charge on any atom is 0.337 e. The van der Waals surface area contributed by atoms with Gasteiger partial charge in [0.1, 0.15) is 0 Å². The molecule has 1 aliphatic rings. The minimum Gasteiger partial charge on any atom is -0.466 e. The highest BCUT2D eigenvalue weighted by Crippen LogP contribution is 2.32. The number of urea groups is 1. The van der Waals surface area contributed by atoms with Gasteiger partial charge in [-0.3, -0.25) is 9.69 Å². The van der Waals surface area contributed by atoms with Gasteiger partial charge in [0.15, 0.2) is 4.84 Å². The molecule has 0 saturated heterocycles. The van der Waals surface area contributed by atoms with E-state index in [-0.39, 0.29) is 6.03 Å². The normalized spacial score (nSPS) is 17.0. The molecular formula is C18H21Cl2N3O4. The van der Waals surface area contributed by atoms with Crippen molar-refractivity contribution >= 4 is 46.8 Å². The van der Waals surface area contributed by atoms with Crippen LogP contribution in [0, 0.1) is 0 Å². The van der Waals surface area contributed by atoms with Crippen molar-refractivity contribution in [2.75, 3.05) is 19.0 Å². The summed E-state index contributed by atoms with van der Waals surface area (Å²) in [5.41, 5.74) is 1.92. The first kappa shape index (κ1) is 21.1. The van der Waals surface area contributed by atoms with Crippen LogP contribution in [0.4, 0.5) is 10.5 Å². The van der Waals surface area contributed by atoms with Crippen molar-refractivity contribution in [2.45, 2.75) is 31.1 Å². The predicted molar refractivity (Wildman–Crippen MR) is 104 cm³/mol. The number of carbonyl (C=O) groups excluding carboxylic acids is 3. The van der Waals surface area contributed by atoms with E-state index >= 15 is 0 Å². The zero-order chi connectivity index (χ0) is 20.1. The van der Waals surface area contributed by atoms with Crippen molar-refractivity contribution in [2.24, 2.45) is 0 Å². The smallest absolute Gasteiger partial charge is 0.337 e. The van der Waals surface area contributed by atoms with E-state index in [2.05, 4.69) is 10.6 Å². The molecule has 1 aliphatic heterocycles. The third kappa shape index (κ3) is 4.73. The maximum atomic E-state index is 12.5. The first-order valence-corrected chi connectivity index (χ1v) is 9.23. The lowest BCUT2D eigenvalue weighted by atomic mass is 9.94. The number of alkyl halides is 2. The Bertz CT molecular complexity index is 780. The van der Waals surface area contributed by atoms with E-state index in [0.717, 1.165) is 6.42 Å². The Kier molecular flexibility index (Phi) is 7.10. The molecule has 1 aromatic rings. The first-order valence-electron chi connectivity index (χ1n) is 8.36. The van der Waals surface area contributed by atoms with E-state index in [1.807, 2.05) is 6.92 Å². The van der Waals surface area contributed by atoms with Gasteiger partial charge < -0.3 is 15.4 Å². The van der Waals surface area contributed by atoms with Crippen LogP contribution in [0.1, 0.15) is 31.9 Å². The molecule has 2 N–H and O–H groups in total. The van der Waals surface area contributed by atoms with Crippen LogP contribution in [0.5, 0.6) is 0 Å². The first-order chi connectivity index (χ1) is 12.8. The molecule has 0 aliphatic carbocycles. The molecule has 2 rings (SSSR count). The van der Waals surface area contributed by atoms with Crippen LogP contribution in [0.3, 0.4) is 0 Å². The lowest BCUT2D eigenvalue weighted by molar-refractivity contribution is -0.136. The zero-order valence-corrected chi connectivity index (χ0v) is 16.7. The SMILES string of the molecule is CCCN1C(=O)N[C@H](c2cccc(NC(=O)C(Cl)Cl)c2)C(C(=O)OC)=C1C. The summed E-state index contributed by atoms with van der Waals surface area (Å²) in [5, 5.41) is 5.40. The molecule has 27 heavy (non-hydrogen) atoms. The summed E-state index contributed by atoms with van der Waals surface area (Å²) in [6, 6.07) is 5.72. The Morgan fingerprint density at radius 2 is 2.07 bits per heavy atom. The number of halogens is 2. The number of hydrogen-bond donors (Lipinski definition) is 2. The number of ether oxygens (including phenoxy) is 1. The van der Waals surface area contributed by atoms with Gasteiger partial charge in [-0.2, -0.15) is 0 Å². The summed E-state index contributed by atoms with van der Waals surface area (Å²) in [5.74, 6) is -1.10. The third-order valence-electron chi connectivity index (χ3n) is 4.13. The van der Waals surface area contributed by atoms with Crippen molar-refractivity contribution in [1.29, 1.82) is 0 Å². The number of anilines is 1. The number of methoxy groups -OCH3 is 1. The predicted octanol–water partition coefficient (Wildman–Crippen LogP) is 3.35. The second-order valence-corrected chi connectivity index (χ2v) is 7.04. The number of nitrogens with zero attached hydrogens (tertiary/aromatic N) is 1. The van der Waals surface area contributed by atoms with Gasteiger partial charge in [0.2, 0.25) is 0 Å². The maximum absolute atomic E-state index is 12.5. The van der Waals surface area contributed by atoms with Gasteiger partial charge in [0.05, 0.1) is 18.7 Å². The van der Waals surface area contributed by atoms with Gasteiger partial charge in [-0.15, -0.1) is 0 Å². The number of benzene rings is 1. The summed E-state index contributed by atoms with van der Waals surface area (Å²) in [7, 11) is 1.29. The van der Waals surface area contributed by atoms with Crippen molar-refractivity contribution < 1.29 is 19.1 Å². The molecule has 9 heteroatoms. The van der Waals surface area contributed by atoms with Crippen LogP contribution in [-0.2, 0) is 14.3 Å². The Balaban J connectivity index is 2.45. The number of amides is 3. The number of hydrogen-bond acceptors (Lipinski definition) is 4. The largest absolute Gasteiger partial charge is 0.466 e. The minimum atomic E-state index is -1.21. The van der Waals surface area contributed by atoms with E-state index in [4.69, 9.17) is 27.9 Å². The fourth-order valence-electron chi connectivity index (χ4n) is 2.89. The van der Waals surface area contributed by atoms with Gasteiger partial charge >= 0.3 is 12.0 Å². The molecule has 1 heterocycles. The molecule has 1 aromatic carbocycles. The monoisotopic (exact) mass is 413 g/mol. The standard InChI is InChI=1S/C18H21Cl2N3O4/c1-4-8-23-10(2)13(17(25)27-3)14(22-18(23)26)11-6-5-7-12(9-11)21-16(24)15(19)20/h5-7,9,14-15H,4,8H2,1-3H3,(H,21,24)(H,22,26)/t14-/m1/s1. The molecule has 1 atom stereocenters. The molecular weight excluding hydrogens is 393 g/mol. The minimum absolute atomic E-state index is 0.303. The molecule has 0 saturated carbocycles. The summed E-state index contributed by atoms with van der Waals surface area (Å²) in [6.45, 7) is 4.14. The van der Waals surface area contributed by atoms with Crippen LogP contribution in [0.15, 0.2) is 35.5 Å². The van der Waals surface area contributed by atoms with E-state index in [0.29, 0.717) is 29.1 Å². The van der Waals surface area contributed by atoms with Crippen molar-refractivity contribution in [3.8, 4) is 0 Å². The van der Waals surface area contributed by atoms with E-state index in [1.165, 1.54) is 12.0 Å². The van der Waals surface area contributed by atoms with Gasteiger partial charge in [-0.1, -0.05) is 42.3 Å². The molecule has 0 radical (unpaired) electrons. The molecule has 0 spiro atoms. The second kappa shape index (κ2) is 9.10. The number of carbonyl (C=O) groups is 3. The molecule has 3 amide bonds. The Morgan fingerprint density at radius 3 is 2.67 bits per heavy atom. The van der Waals surface area contributed by atoms with Gasteiger partial charge in [0, 0.05) is 17.9 Å². The van der Waals surface area contributed by atoms with Crippen molar-refractivity contribution in [3.05, 3.63) is 41.1 Å². The Hall–Kier alpha value is -2.25. The number of nitrogens with one attached hydrogen (secondary N) is 2. The molecule has 0 unspecified atom stereocenters. The van der Waals surface area contributed by atoms with Crippen molar-refractivity contribution in [3.63, 3.8) is 0 Å². The fourth-order valence-corrected chi connectivity index (χ4v) is 3.00. The van der Waals surface area contributed by atoms with Gasteiger partial charge in [-0.05, 0) is 31.0 Å². The average Bonchev–Trinajstić information content (AvgIpc) is 2.64. The molecule has 0 aromatic heterocycles. The van der Waals surface area contributed by atoms with Crippen LogP contribution < -0.4 is 10.6 Å². The second-order valence-electron chi connectivity index (χ2n) is 5.94. The lowest BCUT2D eigenvalue weighted by Crippen LogP contribution is -2.48. The number of rotatable bonds is 6. The highest BCUT2D eigenvalue weighted by Gasteiger charge is 2.36. The number of esters is 1. The summed E-state index contributed by atoms with van der Waals surface area (Å²) in [6.07, 6.45) is 0.739. The van der Waals surface area contributed by atoms with Gasteiger partial charge in [0.25, 0.3) is 5.91 Å².